The van der Waals surface area contributed by atoms with Crippen LogP contribution < -0.4 is 5.32 Å². The minimum atomic E-state index is -0.353. The number of halogens is 2. The summed E-state index contributed by atoms with van der Waals surface area (Å²) in [6.45, 7) is 1.66. The normalized spacial score (nSPS) is 10.3. The van der Waals surface area contributed by atoms with Crippen LogP contribution in [0.3, 0.4) is 0 Å². The molecule has 0 radical (unpaired) electrons. The number of carbonyl (C=O) groups excluding carboxylic acids is 1. The molecule has 1 aromatic carbocycles. The van der Waals surface area contributed by atoms with Crippen molar-refractivity contribution in [2.45, 2.75) is 6.92 Å². The highest BCUT2D eigenvalue weighted by molar-refractivity contribution is 9.10. The van der Waals surface area contributed by atoms with E-state index in [1.807, 2.05) is 0 Å². The van der Waals surface area contributed by atoms with Crippen molar-refractivity contribution in [1.29, 1.82) is 0 Å². The molecule has 2 rings (SSSR count). The minimum Gasteiger partial charge on any atom is -0.457 e. The molecule has 0 bridgehead atoms. The van der Waals surface area contributed by atoms with Gasteiger partial charge in [-0.05, 0) is 46.6 Å². The average molecular weight is 298 g/mol. The van der Waals surface area contributed by atoms with Crippen LogP contribution in [-0.4, -0.2) is 5.91 Å². The van der Waals surface area contributed by atoms with Crippen molar-refractivity contribution in [1.82, 2.24) is 0 Å². The molecular weight excluding hydrogens is 289 g/mol. The molecular formula is C12H9BrFNO2. The first-order valence-corrected chi connectivity index (χ1v) is 5.67. The number of amides is 1. The molecule has 1 N–H and O–H groups in total. The molecule has 1 amide bonds. The van der Waals surface area contributed by atoms with Gasteiger partial charge in [-0.2, -0.15) is 0 Å². The van der Waals surface area contributed by atoms with Gasteiger partial charge < -0.3 is 9.73 Å². The van der Waals surface area contributed by atoms with Crippen molar-refractivity contribution in [3.8, 4) is 0 Å². The Kier molecular flexibility index (Phi) is 3.28. The quantitative estimate of drug-likeness (QED) is 0.917. The first-order chi connectivity index (χ1) is 8.08. The van der Waals surface area contributed by atoms with Gasteiger partial charge in [-0.25, -0.2) is 4.39 Å². The summed E-state index contributed by atoms with van der Waals surface area (Å²) in [5.41, 5.74) is 1.31. The number of aryl methyl sites for hydroxylation is 1. The maximum absolute atomic E-state index is 13.3. The van der Waals surface area contributed by atoms with Crippen molar-refractivity contribution in [2.24, 2.45) is 0 Å². The lowest BCUT2D eigenvalue weighted by Gasteiger charge is -2.05. The summed E-state index contributed by atoms with van der Waals surface area (Å²) in [5, 5.41) is 2.58. The molecule has 0 unspecified atom stereocenters. The highest BCUT2D eigenvalue weighted by Gasteiger charge is 2.13. The summed E-state index contributed by atoms with van der Waals surface area (Å²) in [6, 6.07) is 6.06. The van der Waals surface area contributed by atoms with Gasteiger partial charge in [0.05, 0.1) is 11.8 Å². The molecule has 0 saturated carbocycles. The highest BCUT2D eigenvalue weighted by Crippen LogP contribution is 2.20. The SMILES string of the molecule is Cc1ccc(NC(=O)c2ccoc2Br)cc1F. The molecule has 0 fully saturated rings. The Balaban J connectivity index is 2.19. The lowest BCUT2D eigenvalue weighted by molar-refractivity contribution is 0.102. The molecule has 3 nitrogen and oxygen atoms in total. The zero-order valence-corrected chi connectivity index (χ0v) is 10.5. The molecule has 0 saturated heterocycles. The van der Waals surface area contributed by atoms with Gasteiger partial charge in [-0.1, -0.05) is 6.07 Å². The summed E-state index contributed by atoms with van der Waals surface area (Å²) in [4.78, 5) is 11.8. The fourth-order valence-electron chi connectivity index (χ4n) is 1.32. The van der Waals surface area contributed by atoms with E-state index in [0.717, 1.165) is 0 Å². The molecule has 0 aliphatic carbocycles. The van der Waals surface area contributed by atoms with Gasteiger partial charge in [0.15, 0.2) is 4.67 Å². The Hall–Kier alpha value is -1.62. The second kappa shape index (κ2) is 4.71. The Morgan fingerprint density at radius 3 is 2.76 bits per heavy atom. The van der Waals surface area contributed by atoms with Crippen LogP contribution in [0.2, 0.25) is 0 Å². The molecule has 0 atom stereocenters. The monoisotopic (exact) mass is 297 g/mol. The molecule has 1 aromatic heterocycles. The largest absolute Gasteiger partial charge is 0.457 e. The van der Waals surface area contributed by atoms with Crippen molar-refractivity contribution < 1.29 is 13.6 Å². The number of hydrogen-bond donors (Lipinski definition) is 1. The first-order valence-electron chi connectivity index (χ1n) is 4.88. The molecule has 0 spiro atoms. The van der Waals surface area contributed by atoms with Gasteiger partial charge in [-0.3, -0.25) is 4.79 Å². The predicted octanol–water partition coefficient (Wildman–Crippen LogP) is 3.74. The highest BCUT2D eigenvalue weighted by atomic mass is 79.9. The molecule has 5 heteroatoms. The van der Waals surface area contributed by atoms with Crippen LogP contribution in [0.5, 0.6) is 0 Å². The maximum atomic E-state index is 13.3. The Morgan fingerprint density at radius 1 is 1.41 bits per heavy atom. The third-order valence-corrected chi connectivity index (χ3v) is 2.91. The van der Waals surface area contributed by atoms with E-state index < -0.39 is 0 Å². The summed E-state index contributed by atoms with van der Waals surface area (Å²) in [6.07, 6.45) is 1.40. The number of nitrogens with one attached hydrogen (secondary N) is 1. The van der Waals surface area contributed by atoms with Gasteiger partial charge in [0, 0.05) is 5.69 Å². The van der Waals surface area contributed by atoms with E-state index in [0.29, 0.717) is 21.5 Å². The predicted molar refractivity (Wildman–Crippen MR) is 65.5 cm³/mol. The second-order valence-electron chi connectivity index (χ2n) is 3.53. The van der Waals surface area contributed by atoms with Crippen LogP contribution in [0.1, 0.15) is 15.9 Å². The number of benzene rings is 1. The van der Waals surface area contributed by atoms with Crippen LogP contribution in [0, 0.1) is 12.7 Å². The van der Waals surface area contributed by atoms with Gasteiger partial charge in [0.25, 0.3) is 5.91 Å². The zero-order chi connectivity index (χ0) is 12.4. The molecule has 0 aliphatic heterocycles. The van der Waals surface area contributed by atoms with Gasteiger partial charge in [0.1, 0.15) is 5.82 Å². The van der Waals surface area contributed by atoms with E-state index in [2.05, 4.69) is 21.2 Å². The van der Waals surface area contributed by atoms with E-state index in [1.165, 1.54) is 18.4 Å². The molecule has 1 heterocycles. The Labute approximate surface area is 106 Å². The van der Waals surface area contributed by atoms with Gasteiger partial charge in [-0.15, -0.1) is 0 Å². The number of carbonyl (C=O) groups is 1. The number of hydrogen-bond acceptors (Lipinski definition) is 2. The smallest absolute Gasteiger partial charge is 0.260 e. The summed E-state index contributed by atoms with van der Waals surface area (Å²) in [5.74, 6) is -0.706. The average Bonchev–Trinajstić information content (AvgIpc) is 2.70. The first kappa shape index (κ1) is 11.9. The summed E-state index contributed by atoms with van der Waals surface area (Å²) < 4.78 is 18.6. The summed E-state index contributed by atoms with van der Waals surface area (Å²) >= 11 is 3.10. The van der Waals surface area contributed by atoms with E-state index in [4.69, 9.17) is 4.42 Å². The van der Waals surface area contributed by atoms with Crippen molar-refractivity contribution in [2.75, 3.05) is 5.32 Å². The van der Waals surface area contributed by atoms with Crippen LogP contribution in [-0.2, 0) is 0 Å². The topological polar surface area (TPSA) is 42.2 Å². The zero-order valence-electron chi connectivity index (χ0n) is 8.96. The van der Waals surface area contributed by atoms with Crippen LogP contribution >= 0.6 is 15.9 Å². The van der Waals surface area contributed by atoms with E-state index in [-0.39, 0.29) is 11.7 Å². The standard InChI is InChI=1S/C12H9BrFNO2/c1-7-2-3-8(6-10(7)14)15-12(16)9-4-5-17-11(9)13/h2-6H,1H3,(H,15,16). The molecule has 2 aromatic rings. The minimum absolute atomic E-state index is 0.350. The van der Waals surface area contributed by atoms with Crippen molar-refractivity contribution >= 4 is 27.5 Å². The number of furan rings is 1. The molecule has 17 heavy (non-hydrogen) atoms. The van der Waals surface area contributed by atoms with Crippen LogP contribution in [0.25, 0.3) is 0 Å². The van der Waals surface area contributed by atoms with Crippen LogP contribution in [0.15, 0.2) is 39.6 Å². The second-order valence-corrected chi connectivity index (χ2v) is 4.25. The van der Waals surface area contributed by atoms with Gasteiger partial charge >= 0.3 is 0 Å². The third kappa shape index (κ3) is 2.55. The maximum Gasteiger partial charge on any atom is 0.260 e. The summed E-state index contributed by atoms with van der Waals surface area (Å²) in [7, 11) is 0. The van der Waals surface area contributed by atoms with Crippen molar-refractivity contribution in [3.05, 3.63) is 52.1 Å². The fraction of sp³-hybridized carbons (Fsp3) is 0.0833. The Bertz CT molecular complexity index is 565. The van der Waals surface area contributed by atoms with Gasteiger partial charge in [0.2, 0.25) is 0 Å². The number of anilines is 1. The lowest BCUT2D eigenvalue weighted by atomic mass is 10.2. The fourth-order valence-corrected chi connectivity index (χ4v) is 1.74. The van der Waals surface area contributed by atoms with E-state index in [1.54, 1.807) is 19.1 Å². The lowest BCUT2D eigenvalue weighted by Crippen LogP contribution is -2.11. The number of rotatable bonds is 2. The van der Waals surface area contributed by atoms with E-state index in [9.17, 15) is 9.18 Å². The van der Waals surface area contributed by atoms with Crippen LogP contribution in [0.4, 0.5) is 10.1 Å². The molecule has 88 valence electrons. The third-order valence-electron chi connectivity index (χ3n) is 2.29. The van der Waals surface area contributed by atoms with E-state index >= 15 is 0 Å². The van der Waals surface area contributed by atoms with Crippen molar-refractivity contribution in [3.63, 3.8) is 0 Å². The molecule has 0 aliphatic rings. The Morgan fingerprint density at radius 2 is 2.18 bits per heavy atom.